The predicted molar refractivity (Wildman–Crippen MR) is 140 cm³/mol. The lowest BCUT2D eigenvalue weighted by molar-refractivity contribution is -0.140. The van der Waals surface area contributed by atoms with Gasteiger partial charge in [-0.2, -0.15) is 13.2 Å². The molecule has 40 heavy (non-hydrogen) atoms. The van der Waals surface area contributed by atoms with Gasteiger partial charge in [0.1, 0.15) is 0 Å². The van der Waals surface area contributed by atoms with Crippen LogP contribution in [0.2, 0.25) is 0 Å². The van der Waals surface area contributed by atoms with Gasteiger partial charge in [-0.15, -0.1) is 0 Å². The normalized spacial score (nSPS) is 21.1. The Morgan fingerprint density at radius 3 is 2.50 bits per heavy atom. The second-order valence-electron chi connectivity index (χ2n) is 10.7. The number of hydrogen-bond acceptors (Lipinski definition) is 6. The van der Waals surface area contributed by atoms with Crippen LogP contribution in [0.4, 0.5) is 18.9 Å². The summed E-state index contributed by atoms with van der Waals surface area (Å²) < 4.78 is 44.6. The smallest absolute Gasteiger partial charge is 0.385 e. The van der Waals surface area contributed by atoms with Crippen LogP contribution in [0.1, 0.15) is 57.5 Å². The first-order valence-corrected chi connectivity index (χ1v) is 13.5. The molecule has 0 spiro atoms. The highest BCUT2D eigenvalue weighted by molar-refractivity contribution is 6.23. The Hall–Kier alpha value is -3.44. The van der Waals surface area contributed by atoms with Crippen molar-refractivity contribution in [3.8, 4) is 0 Å². The molecule has 2 saturated heterocycles. The molecule has 3 amide bonds. The summed E-state index contributed by atoms with van der Waals surface area (Å²) in [5.74, 6) is -1.15. The van der Waals surface area contributed by atoms with Crippen LogP contribution in [-0.2, 0) is 21.3 Å². The quantitative estimate of drug-likeness (QED) is 0.544. The first kappa shape index (κ1) is 28.1. The van der Waals surface area contributed by atoms with E-state index in [2.05, 4.69) is 0 Å². The van der Waals surface area contributed by atoms with Crippen LogP contribution in [-0.4, -0.2) is 79.1 Å². The summed E-state index contributed by atoms with van der Waals surface area (Å²) >= 11 is 0. The summed E-state index contributed by atoms with van der Waals surface area (Å²) in [6.45, 7) is 1.86. The highest BCUT2D eigenvalue weighted by atomic mass is 19.4. The summed E-state index contributed by atoms with van der Waals surface area (Å²) in [6, 6.07) is 9.92. The van der Waals surface area contributed by atoms with Gasteiger partial charge in [-0.3, -0.25) is 19.3 Å². The average Bonchev–Trinajstić information content (AvgIpc) is 3.20. The van der Waals surface area contributed by atoms with Crippen LogP contribution >= 0.6 is 0 Å². The maximum Gasteiger partial charge on any atom is 0.416 e. The van der Waals surface area contributed by atoms with Gasteiger partial charge in [0.2, 0.25) is 5.91 Å². The van der Waals surface area contributed by atoms with Gasteiger partial charge in [-0.25, -0.2) is 0 Å². The van der Waals surface area contributed by atoms with Crippen molar-refractivity contribution in [2.75, 3.05) is 51.3 Å². The fourth-order valence-corrected chi connectivity index (χ4v) is 5.99. The minimum Gasteiger partial charge on any atom is -0.385 e. The number of hydrogen-bond donors (Lipinski definition) is 1. The molecule has 1 atom stereocenters. The van der Waals surface area contributed by atoms with Gasteiger partial charge in [0.25, 0.3) is 11.8 Å². The molecule has 11 heteroatoms. The largest absolute Gasteiger partial charge is 0.416 e. The third-order valence-corrected chi connectivity index (χ3v) is 8.24. The second-order valence-corrected chi connectivity index (χ2v) is 10.7. The highest BCUT2D eigenvalue weighted by Gasteiger charge is 2.41. The summed E-state index contributed by atoms with van der Waals surface area (Å²) in [5, 5.41) is 11.2. The monoisotopic (exact) mass is 559 g/mol. The van der Waals surface area contributed by atoms with E-state index in [4.69, 9.17) is 4.74 Å². The molecule has 0 bridgehead atoms. The molecule has 3 aliphatic heterocycles. The molecular weight excluding hydrogens is 527 g/mol. The zero-order chi connectivity index (χ0) is 28.7. The van der Waals surface area contributed by atoms with Crippen LogP contribution in [0, 0.1) is 5.92 Å². The van der Waals surface area contributed by atoms with Crippen LogP contribution in [0.15, 0.2) is 42.5 Å². The standard InChI is InChI=1S/C29H32F3N3O5/c1-40-16-15-35-26(37)22-8-3-9-23(24(22)27(35)38)34-12-4-5-19(18-34)25(36)33-13-10-28(39,11-14-33)20-6-2-7-21(17-20)29(30,31)32/h2-3,6-9,17,19,39H,4-5,10-16,18H2,1H3/t19-/m0/s1. The number of amides is 3. The van der Waals surface area contributed by atoms with E-state index >= 15 is 0 Å². The molecule has 2 aromatic carbocycles. The van der Waals surface area contributed by atoms with E-state index in [0.29, 0.717) is 36.3 Å². The van der Waals surface area contributed by atoms with Crippen molar-refractivity contribution in [1.82, 2.24) is 9.80 Å². The number of alkyl halides is 3. The molecule has 5 rings (SSSR count). The number of imide groups is 1. The minimum atomic E-state index is -4.51. The SMILES string of the molecule is COCCN1C(=O)c2cccc(N3CCC[C@H](C(=O)N4CCC(O)(c5cccc(C(F)(F)F)c5)CC4)C3)c2C1=O. The van der Waals surface area contributed by atoms with Crippen LogP contribution in [0.3, 0.4) is 0 Å². The van der Waals surface area contributed by atoms with Crippen molar-refractivity contribution >= 4 is 23.4 Å². The van der Waals surface area contributed by atoms with Crippen molar-refractivity contribution in [1.29, 1.82) is 0 Å². The molecule has 3 heterocycles. The fraction of sp³-hybridized carbons (Fsp3) is 0.483. The maximum atomic E-state index is 13.5. The van der Waals surface area contributed by atoms with E-state index < -0.39 is 17.3 Å². The number of halogens is 3. The van der Waals surface area contributed by atoms with Gasteiger partial charge in [0.15, 0.2) is 0 Å². The number of methoxy groups -OCH3 is 1. The van der Waals surface area contributed by atoms with E-state index in [9.17, 15) is 32.7 Å². The number of benzene rings is 2. The number of ether oxygens (including phenoxy) is 1. The molecule has 0 aliphatic carbocycles. The van der Waals surface area contributed by atoms with Gasteiger partial charge < -0.3 is 19.6 Å². The van der Waals surface area contributed by atoms with Crippen molar-refractivity contribution in [3.05, 3.63) is 64.7 Å². The first-order valence-electron chi connectivity index (χ1n) is 13.5. The number of carbonyl (C=O) groups is 3. The van der Waals surface area contributed by atoms with Gasteiger partial charge in [-0.1, -0.05) is 18.2 Å². The average molecular weight is 560 g/mol. The minimum absolute atomic E-state index is 0.0764. The Labute approximate surface area is 230 Å². The molecule has 8 nitrogen and oxygen atoms in total. The zero-order valence-electron chi connectivity index (χ0n) is 22.2. The number of fused-ring (bicyclic) bond motifs is 1. The van der Waals surface area contributed by atoms with E-state index in [1.54, 1.807) is 23.1 Å². The summed E-state index contributed by atoms with van der Waals surface area (Å²) in [7, 11) is 1.50. The molecule has 0 aromatic heterocycles. The van der Waals surface area contributed by atoms with Gasteiger partial charge in [-0.05, 0) is 55.5 Å². The number of anilines is 1. The maximum absolute atomic E-state index is 13.5. The van der Waals surface area contributed by atoms with E-state index in [1.165, 1.54) is 24.1 Å². The molecule has 0 radical (unpaired) electrons. The van der Waals surface area contributed by atoms with Crippen molar-refractivity contribution in [2.45, 2.75) is 37.5 Å². The summed E-state index contributed by atoms with van der Waals surface area (Å²) in [5.41, 5.74) is -0.727. The molecular formula is C29H32F3N3O5. The molecule has 3 aliphatic rings. The fourth-order valence-electron chi connectivity index (χ4n) is 5.99. The van der Waals surface area contributed by atoms with Gasteiger partial charge in [0.05, 0.1) is 47.0 Å². The molecule has 2 fully saturated rings. The lowest BCUT2D eigenvalue weighted by atomic mass is 9.83. The zero-order valence-corrected chi connectivity index (χ0v) is 22.2. The number of rotatable bonds is 6. The second kappa shape index (κ2) is 10.9. The van der Waals surface area contributed by atoms with Crippen molar-refractivity contribution in [2.24, 2.45) is 5.92 Å². The number of aliphatic hydroxyl groups is 1. The third-order valence-electron chi connectivity index (χ3n) is 8.24. The molecule has 1 N–H and O–H groups in total. The topological polar surface area (TPSA) is 90.4 Å². The molecule has 214 valence electrons. The van der Waals surface area contributed by atoms with Gasteiger partial charge >= 0.3 is 6.18 Å². The Morgan fingerprint density at radius 1 is 1.07 bits per heavy atom. The van der Waals surface area contributed by atoms with Crippen molar-refractivity contribution in [3.63, 3.8) is 0 Å². The van der Waals surface area contributed by atoms with E-state index in [0.717, 1.165) is 18.6 Å². The Bertz CT molecular complexity index is 1310. The third kappa shape index (κ3) is 5.19. The van der Waals surface area contributed by atoms with Crippen LogP contribution in [0.5, 0.6) is 0 Å². The number of piperidine rings is 2. The Kier molecular flexibility index (Phi) is 7.62. The van der Waals surface area contributed by atoms with Crippen molar-refractivity contribution < 1.29 is 37.4 Å². The van der Waals surface area contributed by atoms with Crippen LogP contribution < -0.4 is 4.90 Å². The molecule has 0 unspecified atom stereocenters. The Morgan fingerprint density at radius 2 is 1.80 bits per heavy atom. The lowest BCUT2D eigenvalue weighted by Crippen LogP contribution is -2.50. The molecule has 2 aromatic rings. The Balaban J connectivity index is 1.27. The number of carbonyl (C=O) groups excluding carboxylic acids is 3. The number of likely N-dealkylation sites (tertiary alicyclic amines) is 1. The first-order chi connectivity index (χ1) is 19.0. The van der Waals surface area contributed by atoms with Crippen LogP contribution in [0.25, 0.3) is 0 Å². The number of nitrogens with zero attached hydrogens (tertiary/aromatic N) is 3. The highest BCUT2D eigenvalue weighted by Crippen LogP contribution is 2.38. The van der Waals surface area contributed by atoms with E-state index in [1.807, 2.05) is 4.90 Å². The predicted octanol–water partition coefficient (Wildman–Crippen LogP) is 3.67. The lowest BCUT2D eigenvalue weighted by Gasteiger charge is -2.41. The van der Waals surface area contributed by atoms with Gasteiger partial charge in [0, 0.05) is 33.3 Å². The summed E-state index contributed by atoms with van der Waals surface area (Å²) in [6.07, 6.45) is -2.86. The molecule has 0 saturated carbocycles. The summed E-state index contributed by atoms with van der Waals surface area (Å²) in [4.78, 5) is 44.4. The van der Waals surface area contributed by atoms with E-state index in [-0.39, 0.29) is 68.3 Å².